The third-order valence-electron chi connectivity index (χ3n) is 5.81. The van der Waals surface area contributed by atoms with E-state index in [9.17, 15) is 4.79 Å². The minimum atomic E-state index is -0.122. The summed E-state index contributed by atoms with van der Waals surface area (Å²) in [5.74, 6) is 0.782. The third kappa shape index (κ3) is 3.26. The Morgan fingerprint density at radius 1 is 1.24 bits per heavy atom. The first kappa shape index (κ1) is 16.8. The molecule has 3 fully saturated rings. The van der Waals surface area contributed by atoms with Crippen LogP contribution in [0.25, 0.3) is 0 Å². The van der Waals surface area contributed by atoms with Crippen molar-refractivity contribution in [3.63, 3.8) is 0 Å². The van der Waals surface area contributed by atoms with E-state index in [2.05, 4.69) is 16.8 Å². The molecule has 3 saturated heterocycles. The van der Waals surface area contributed by atoms with E-state index in [0.717, 1.165) is 39.2 Å². The van der Waals surface area contributed by atoms with Gasteiger partial charge in [-0.3, -0.25) is 9.69 Å². The van der Waals surface area contributed by atoms with E-state index < -0.39 is 0 Å². The Kier molecular flexibility index (Phi) is 4.43. The summed E-state index contributed by atoms with van der Waals surface area (Å²) < 4.78 is 11.4. The average Bonchev–Trinajstić information content (AvgIpc) is 3.06. The molecule has 1 atom stereocenters. The van der Waals surface area contributed by atoms with E-state index >= 15 is 0 Å². The summed E-state index contributed by atoms with van der Waals surface area (Å²) in [4.78, 5) is 19.5. The minimum Gasteiger partial charge on any atom is -0.497 e. The zero-order chi connectivity index (χ0) is 17.4. The molecule has 136 valence electrons. The van der Waals surface area contributed by atoms with Crippen molar-refractivity contribution in [3.05, 3.63) is 29.8 Å². The van der Waals surface area contributed by atoms with Crippen molar-refractivity contribution >= 4 is 5.91 Å². The fourth-order valence-corrected chi connectivity index (χ4v) is 4.19. The highest BCUT2D eigenvalue weighted by Gasteiger charge is 2.52. The first-order valence-corrected chi connectivity index (χ1v) is 9.08. The maximum atomic E-state index is 12.7. The molecule has 1 spiro atoms. The molecule has 0 saturated carbocycles. The van der Waals surface area contributed by atoms with Crippen LogP contribution < -0.4 is 4.74 Å². The van der Waals surface area contributed by atoms with E-state index in [0.29, 0.717) is 30.4 Å². The minimum absolute atomic E-state index is 0.0659. The average molecular weight is 345 g/mol. The van der Waals surface area contributed by atoms with Gasteiger partial charge in [-0.2, -0.15) is 0 Å². The number of rotatable bonds is 3. The molecule has 6 heteroatoms. The molecular formula is C19H27N3O3. The number of nitrogens with zero attached hydrogens (tertiary/aromatic N) is 3. The van der Waals surface area contributed by atoms with Gasteiger partial charge < -0.3 is 19.3 Å². The van der Waals surface area contributed by atoms with E-state index in [-0.39, 0.29) is 11.5 Å². The lowest BCUT2D eigenvalue weighted by Gasteiger charge is -2.47. The molecular weight excluding hydrogens is 318 g/mol. The van der Waals surface area contributed by atoms with E-state index in [1.807, 2.05) is 23.1 Å². The van der Waals surface area contributed by atoms with Crippen LogP contribution in [0.2, 0.25) is 0 Å². The number of likely N-dealkylation sites (tertiary alicyclic amines) is 1. The molecule has 25 heavy (non-hydrogen) atoms. The van der Waals surface area contributed by atoms with Crippen LogP contribution in [-0.2, 0) is 4.74 Å². The quantitative estimate of drug-likeness (QED) is 0.815. The highest BCUT2D eigenvalue weighted by molar-refractivity contribution is 5.95. The SMILES string of the molecule is COc1cccc(C(=O)N2CC3(CC(N4CCN(C)CC4)CO3)C2)c1. The van der Waals surface area contributed by atoms with Gasteiger partial charge in [0.25, 0.3) is 5.91 Å². The molecule has 0 bridgehead atoms. The molecule has 0 aliphatic carbocycles. The summed E-state index contributed by atoms with van der Waals surface area (Å²) in [5, 5.41) is 0. The standard InChI is InChI=1S/C19H27N3O3/c1-20-6-8-21(9-7-20)16-11-19(25-12-16)13-22(14-19)18(23)15-4-3-5-17(10-15)24-2/h3-5,10,16H,6-9,11-14H2,1-2H3. The molecule has 1 aromatic rings. The lowest BCUT2D eigenvalue weighted by Crippen LogP contribution is -2.63. The van der Waals surface area contributed by atoms with Gasteiger partial charge in [-0.1, -0.05) is 6.07 Å². The second-order valence-electron chi connectivity index (χ2n) is 7.58. The predicted octanol–water partition coefficient (Wildman–Crippen LogP) is 0.926. The summed E-state index contributed by atoms with van der Waals surface area (Å²) in [5.41, 5.74) is 0.561. The molecule has 1 amide bonds. The fourth-order valence-electron chi connectivity index (χ4n) is 4.19. The zero-order valence-corrected chi connectivity index (χ0v) is 15.1. The molecule has 0 radical (unpaired) electrons. The van der Waals surface area contributed by atoms with Crippen LogP contribution in [0, 0.1) is 0 Å². The van der Waals surface area contributed by atoms with Gasteiger partial charge in [0.05, 0.1) is 26.8 Å². The van der Waals surface area contributed by atoms with Crippen LogP contribution in [0.1, 0.15) is 16.8 Å². The van der Waals surface area contributed by atoms with Crippen LogP contribution in [0.5, 0.6) is 5.75 Å². The zero-order valence-electron chi connectivity index (χ0n) is 15.1. The number of methoxy groups -OCH3 is 1. The van der Waals surface area contributed by atoms with Crippen molar-refractivity contribution in [2.45, 2.75) is 18.1 Å². The topological polar surface area (TPSA) is 45.2 Å². The molecule has 3 heterocycles. The third-order valence-corrected chi connectivity index (χ3v) is 5.81. The predicted molar refractivity (Wildman–Crippen MR) is 95.1 cm³/mol. The molecule has 1 aromatic carbocycles. The maximum absolute atomic E-state index is 12.7. The van der Waals surface area contributed by atoms with E-state index in [1.165, 1.54) is 0 Å². The lowest BCUT2D eigenvalue weighted by molar-refractivity contribution is -0.0951. The van der Waals surface area contributed by atoms with Crippen molar-refractivity contribution in [2.75, 3.05) is 60.0 Å². The van der Waals surface area contributed by atoms with Crippen LogP contribution >= 0.6 is 0 Å². The van der Waals surface area contributed by atoms with Gasteiger partial charge in [0.15, 0.2) is 0 Å². The monoisotopic (exact) mass is 345 g/mol. The first-order valence-electron chi connectivity index (χ1n) is 9.08. The number of hydrogen-bond acceptors (Lipinski definition) is 5. The van der Waals surface area contributed by atoms with Crippen molar-refractivity contribution in [1.29, 1.82) is 0 Å². The van der Waals surface area contributed by atoms with Gasteiger partial charge in [-0.25, -0.2) is 0 Å². The molecule has 4 rings (SSSR count). The summed E-state index contributed by atoms with van der Waals surface area (Å²) in [6.45, 7) is 6.69. The number of piperazine rings is 1. The maximum Gasteiger partial charge on any atom is 0.254 e. The van der Waals surface area contributed by atoms with Crippen molar-refractivity contribution in [1.82, 2.24) is 14.7 Å². The Morgan fingerprint density at radius 2 is 2.00 bits per heavy atom. The molecule has 3 aliphatic heterocycles. The normalized spacial score (nSPS) is 26.6. The Morgan fingerprint density at radius 3 is 2.72 bits per heavy atom. The second kappa shape index (κ2) is 6.59. The number of benzene rings is 1. The summed E-state index contributed by atoms with van der Waals surface area (Å²) in [6.07, 6.45) is 1.04. The van der Waals surface area contributed by atoms with Crippen LogP contribution in [-0.4, -0.2) is 92.3 Å². The Bertz CT molecular complexity index is 637. The van der Waals surface area contributed by atoms with Crippen LogP contribution in [0.4, 0.5) is 0 Å². The van der Waals surface area contributed by atoms with Gasteiger partial charge >= 0.3 is 0 Å². The number of ether oxygens (including phenoxy) is 2. The second-order valence-corrected chi connectivity index (χ2v) is 7.58. The fraction of sp³-hybridized carbons (Fsp3) is 0.632. The summed E-state index contributed by atoms with van der Waals surface area (Å²) in [7, 11) is 3.80. The van der Waals surface area contributed by atoms with Crippen molar-refractivity contribution in [2.24, 2.45) is 0 Å². The number of amides is 1. The first-order chi connectivity index (χ1) is 12.1. The summed E-state index contributed by atoms with van der Waals surface area (Å²) in [6, 6.07) is 7.86. The lowest BCUT2D eigenvalue weighted by atomic mass is 9.88. The molecule has 1 unspecified atom stereocenters. The van der Waals surface area contributed by atoms with Crippen LogP contribution in [0.15, 0.2) is 24.3 Å². The largest absolute Gasteiger partial charge is 0.497 e. The van der Waals surface area contributed by atoms with Crippen molar-refractivity contribution in [3.8, 4) is 5.75 Å². The number of carbonyl (C=O) groups excluding carboxylic acids is 1. The van der Waals surface area contributed by atoms with Crippen molar-refractivity contribution < 1.29 is 14.3 Å². The van der Waals surface area contributed by atoms with E-state index in [1.54, 1.807) is 13.2 Å². The Hall–Kier alpha value is -1.63. The van der Waals surface area contributed by atoms with Gasteiger partial charge in [0.1, 0.15) is 11.4 Å². The number of hydrogen-bond donors (Lipinski definition) is 0. The highest BCUT2D eigenvalue weighted by Crippen LogP contribution is 2.37. The Labute approximate surface area is 149 Å². The Balaban J connectivity index is 1.33. The van der Waals surface area contributed by atoms with E-state index in [4.69, 9.17) is 9.47 Å². The number of likely N-dealkylation sites (N-methyl/N-ethyl adjacent to an activating group) is 1. The van der Waals surface area contributed by atoms with Crippen LogP contribution in [0.3, 0.4) is 0 Å². The highest BCUT2D eigenvalue weighted by atomic mass is 16.5. The number of carbonyl (C=O) groups is 1. The van der Waals surface area contributed by atoms with Gasteiger partial charge in [-0.15, -0.1) is 0 Å². The molecule has 0 N–H and O–H groups in total. The van der Waals surface area contributed by atoms with Gasteiger partial charge in [0.2, 0.25) is 0 Å². The molecule has 3 aliphatic rings. The van der Waals surface area contributed by atoms with Gasteiger partial charge in [-0.05, 0) is 31.7 Å². The molecule has 6 nitrogen and oxygen atoms in total. The summed E-state index contributed by atoms with van der Waals surface area (Å²) >= 11 is 0. The molecule has 0 aromatic heterocycles. The van der Waals surface area contributed by atoms with Gasteiger partial charge in [0, 0.05) is 37.8 Å². The smallest absolute Gasteiger partial charge is 0.254 e.